The van der Waals surface area contributed by atoms with Crippen molar-refractivity contribution in [2.24, 2.45) is 5.92 Å². The molecule has 0 saturated carbocycles. The maximum atomic E-state index is 6.10. The number of nitrogens with two attached hydrogens (primary N) is 1. The van der Waals surface area contributed by atoms with Gasteiger partial charge < -0.3 is 20.4 Å². The quantitative estimate of drug-likeness (QED) is 0.269. The lowest BCUT2D eigenvalue weighted by atomic mass is 10.0. The van der Waals surface area contributed by atoms with Crippen molar-refractivity contribution in [3.05, 3.63) is 37.9 Å². The fourth-order valence-corrected chi connectivity index (χ4v) is 4.60. The fourth-order valence-electron chi connectivity index (χ4n) is 3.71. The van der Waals surface area contributed by atoms with Crippen LogP contribution >= 0.6 is 34.2 Å². The van der Waals surface area contributed by atoms with Gasteiger partial charge in [0, 0.05) is 23.1 Å². The molecule has 0 fully saturated rings. The number of nitrogens with zero attached hydrogens (tertiary/aromatic N) is 4. The van der Waals surface area contributed by atoms with E-state index in [1.54, 1.807) is 0 Å². The normalized spacial score (nSPS) is 13.6. The van der Waals surface area contributed by atoms with Crippen LogP contribution in [-0.2, 0) is 19.4 Å². The number of nitrogen functional groups attached to an aromatic ring is 1. The number of ether oxygens (including phenoxy) is 1. The van der Waals surface area contributed by atoms with Crippen LogP contribution in [0.5, 0.6) is 5.75 Å². The number of aryl methyl sites for hydroxylation is 1. The van der Waals surface area contributed by atoms with Gasteiger partial charge >= 0.3 is 0 Å². The van der Waals surface area contributed by atoms with Crippen molar-refractivity contribution < 1.29 is 4.74 Å². The molecule has 3 heterocycles. The van der Waals surface area contributed by atoms with Crippen molar-refractivity contribution in [2.75, 3.05) is 25.4 Å². The van der Waals surface area contributed by atoms with Gasteiger partial charge in [-0.05, 0) is 82.8 Å². The number of fused-ring (bicyclic) bond motifs is 2. The van der Waals surface area contributed by atoms with E-state index >= 15 is 0 Å². The van der Waals surface area contributed by atoms with Crippen molar-refractivity contribution in [1.82, 2.24) is 24.8 Å². The van der Waals surface area contributed by atoms with E-state index in [9.17, 15) is 0 Å². The molecule has 3 aromatic rings. The Bertz CT molecular complexity index is 1070. The van der Waals surface area contributed by atoms with E-state index < -0.39 is 0 Å². The second kappa shape index (κ2) is 9.23. The molecular formula is C21H26ClIN6O. The molecule has 2 aromatic heterocycles. The predicted octanol–water partition coefficient (Wildman–Crippen LogP) is 3.83. The monoisotopic (exact) mass is 540 g/mol. The number of benzene rings is 1. The third kappa shape index (κ3) is 4.65. The highest BCUT2D eigenvalue weighted by molar-refractivity contribution is 14.1. The molecule has 4 rings (SSSR count). The Labute approximate surface area is 194 Å². The van der Waals surface area contributed by atoms with Gasteiger partial charge in [-0.15, -0.1) is 0 Å². The van der Waals surface area contributed by atoms with Crippen molar-refractivity contribution >= 4 is 51.2 Å². The second-order valence-electron chi connectivity index (χ2n) is 8.01. The molecule has 0 radical (unpaired) electrons. The van der Waals surface area contributed by atoms with Crippen LogP contribution in [0.2, 0.25) is 5.28 Å². The van der Waals surface area contributed by atoms with Crippen LogP contribution in [-0.4, -0.2) is 39.2 Å². The van der Waals surface area contributed by atoms with Crippen LogP contribution < -0.4 is 15.8 Å². The highest BCUT2D eigenvalue weighted by Gasteiger charge is 2.19. The van der Waals surface area contributed by atoms with Gasteiger partial charge in [0.15, 0.2) is 17.0 Å². The van der Waals surface area contributed by atoms with Crippen LogP contribution in [0.15, 0.2) is 12.1 Å². The minimum atomic E-state index is 0.139. The van der Waals surface area contributed by atoms with E-state index in [1.807, 2.05) is 0 Å². The minimum absolute atomic E-state index is 0.139. The topological polar surface area (TPSA) is 90.9 Å². The van der Waals surface area contributed by atoms with E-state index in [0.29, 0.717) is 29.3 Å². The Balaban J connectivity index is 1.69. The summed E-state index contributed by atoms with van der Waals surface area (Å²) in [5.74, 6) is 2.78. The highest BCUT2D eigenvalue weighted by Crippen LogP contribution is 2.31. The average Bonchev–Trinajstić information content (AvgIpc) is 3.03. The number of aromatic nitrogens is 4. The summed E-state index contributed by atoms with van der Waals surface area (Å²) < 4.78 is 9.20. The number of rotatable bonds is 7. The molecule has 7 nitrogen and oxygen atoms in total. The van der Waals surface area contributed by atoms with E-state index in [1.165, 1.54) is 14.7 Å². The molecule has 30 heavy (non-hydrogen) atoms. The van der Waals surface area contributed by atoms with Crippen LogP contribution in [0.3, 0.4) is 0 Å². The third-order valence-electron chi connectivity index (χ3n) is 5.16. The molecule has 1 aliphatic heterocycles. The second-order valence-corrected chi connectivity index (χ2v) is 9.51. The van der Waals surface area contributed by atoms with Gasteiger partial charge in [-0.1, -0.05) is 13.8 Å². The van der Waals surface area contributed by atoms with E-state index in [2.05, 4.69) is 68.4 Å². The maximum Gasteiger partial charge on any atom is 0.226 e. The van der Waals surface area contributed by atoms with Gasteiger partial charge in [-0.3, -0.25) is 0 Å². The third-order valence-corrected chi connectivity index (χ3v) is 6.34. The van der Waals surface area contributed by atoms with Crippen LogP contribution in [0, 0.1) is 9.49 Å². The van der Waals surface area contributed by atoms with Crippen molar-refractivity contribution in [2.45, 2.75) is 39.7 Å². The van der Waals surface area contributed by atoms with Gasteiger partial charge in [0.05, 0.1) is 6.61 Å². The van der Waals surface area contributed by atoms with Crippen molar-refractivity contribution in [1.29, 1.82) is 0 Å². The molecule has 1 aliphatic rings. The van der Waals surface area contributed by atoms with Gasteiger partial charge in [0.2, 0.25) is 5.28 Å². The van der Waals surface area contributed by atoms with Crippen LogP contribution in [0.4, 0.5) is 5.82 Å². The number of anilines is 1. The Morgan fingerprint density at radius 1 is 1.30 bits per heavy atom. The molecule has 0 spiro atoms. The zero-order chi connectivity index (χ0) is 21.3. The Morgan fingerprint density at radius 3 is 2.93 bits per heavy atom. The zero-order valence-corrected chi connectivity index (χ0v) is 20.1. The summed E-state index contributed by atoms with van der Waals surface area (Å²) in [6.45, 7) is 7.65. The first kappa shape index (κ1) is 21.6. The molecule has 9 heteroatoms. The summed E-state index contributed by atoms with van der Waals surface area (Å²) >= 11 is 8.49. The van der Waals surface area contributed by atoms with Crippen molar-refractivity contribution in [3.8, 4) is 5.75 Å². The molecule has 0 bridgehead atoms. The van der Waals surface area contributed by atoms with Gasteiger partial charge in [0.1, 0.15) is 11.6 Å². The first-order valence-electron chi connectivity index (χ1n) is 10.2. The molecular weight excluding hydrogens is 515 g/mol. The minimum Gasteiger partial charge on any atom is -0.493 e. The molecule has 160 valence electrons. The Morgan fingerprint density at radius 2 is 2.13 bits per heavy atom. The smallest absolute Gasteiger partial charge is 0.226 e. The van der Waals surface area contributed by atoms with Crippen LogP contribution in [0.25, 0.3) is 11.2 Å². The fraction of sp³-hybridized carbons (Fsp3) is 0.476. The van der Waals surface area contributed by atoms with Crippen LogP contribution in [0.1, 0.15) is 37.2 Å². The Kier molecular flexibility index (Phi) is 6.64. The number of nitrogens with one attached hydrogen (secondary N) is 1. The van der Waals surface area contributed by atoms with E-state index in [-0.39, 0.29) is 5.28 Å². The average molecular weight is 541 g/mol. The lowest BCUT2D eigenvalue weighted by Gasteiger charge is -2.19. The molecule has 0 saturated heterocycles. The molecule has 0 amide bonds. The van der Waals surface area contributed by atoms with Crippen molar-refractivity contribution in [3.63, 3.8) is 0 Å². The molecule has 1 aromatic carbocycles. The standard InChI is InChI=1S/C21H26ClIN6O/c1-12(2)11-25-5-6-29-17(26-18-19(24)27-21(22)28-20(18)29)10-14-9-16-13(8-15(14)23)4-3-7-30-16/h8-9,12,25H,3-7,10-11H2,1-2H3,(H2,24,27,28). The number of hydrogen-bond acceptors (Lipinski definition) is 6. The summed E-state index contributed by atoms with van der Waals surface area (Å²) in [6.07, 6.45) is 2.79. The predicted molar refractivity (Wildman–Crippen MR) is 128 cm³/mol. The van der Waals surface area contributed by atoms with Gasteiger partial charge in [-0.2, -0.15) is 9.97 Å². The lowest BCUT2D eigenvalue weighted by Crippen LogP contribution is -2.25. The summed E-state index contributed by atoms with van der Waals surface area (Å²) in [4.78, 5) is 13.3. The summed E-state index contributed by atoms with van der Waals surface area (Å²) in [7, 11) is 0. The number of halogens is 2. The maximum absolute atomic E-state index is 6.10. The highest BCUT2D eigenvalue weighted by atomic mass is 127. The SMILES string of the molecule is CC(C)CNCCn1c(Cc2cc3c(cc2I)CCCO3)nc2c(N)nc(Cl)nc21. The van der Waals surface area contributed by atoms with Gasteiger partial charge in [-0.25, -0.2) is 4.98 Å². The summed E-state index contributed by atoms with van der Waals surface area (Å²) in [5, 5.41) is 3.62. The number of imidazole rings is 1. The summed E-state index contributed by atoms with van der Waals surface area (Å²) in [5.41, 5.74) is 9.84. The summed E-state index contributed by atoms with van der Waals surface area (Å²) in [6, 6.07) is 4.38. The molecule has 0 unspecified atom stereocenters. The first-order valence-corrected chi connectivity index (χ1v) is 11.7. The van der Waals surface area contributed by atoms with E-state index in [4.69, 9.17) is 27.1 Å². The first-order chi connectivity index (χ1) is 14.4. The largest absolute Gasteiger partial charge is 0.493 e. The zero-order valence-electron chi connectivity index (χ0n) is 17.2. The van der Waals surface area contributed by atoms with E-state index in [0.717, 1.165) is 50.7 Å². The number of hydrogen-bond donors (Lipinski definition) is 2. The lowest BCUT2D eigenvalue weighted by molar-refractivity contribution is 0.288. The molecule has 0 aliphatic carbocycles. The Hall–Kier alpha value is -1.65. The van der Waals surface area contributed by atoms with Gasteiger partial charge in [0.25, 0.3) is 0 Å². The molecule has 0 atom stereocenters. The molecule has 3 N–H and O–H groups in total.